The van der Waals surface area contributed by atoms with Crippen molar-refractivity contribution in [3.63, 3.8) is 0 Å². The minimum absolute atomic E-state index is 0.361. The SMILES string of the molecule is CC(C)N1c2ccccc2CC1CC=O. The first-order valence-corrected chi connectivity index (χ1v) is 5.54. The predicted molar refractivity (Wildman–Crippen MR) is 62.2 cm³/mol. The Morgan fingerprint density at radius 1 is 1.47 bits per heavy atom. The number of rotatable bonds is 3. The van der Waals surface area contributed by atoms with E-state index in [1.165, 1.54) is 11.3 Å². The van der Waals surface area contributed by atoms with Crippen LogP contribution < -0.4 is 4.90 Å². The van der Waals surface area contributed by atoms with E-state index in [9.17, 15) is 4.79 Å². The van der Waals surface area contributed by atoms with Crippen LogP contribution in [0, 0.1) is 0 Å². The normalized spacial score (nSPS) is 19.4. The molecule has 1 aromatic rings. The monoisotopic (exact) mass is 203 g/mol. The number of aldehydes is 1. The third-order valence-electron chi connectivity index (χ3n) is 3.04. The predicted octanol–water partition coefficient (Wildman–Crippen LogP) is 2.42. The molecule has 0 fully saturated rings. The number of benzene rings is 1. The Labute approximate surface area is 90.9 Å². The van der Waals surface area contributed by atoms with Crippen molar-refractivity contribution in [2.75, 3.05) is 4.90 Å². The number of fused-ring (bicyclic) bond motifs is 1. The van der Waals surface area contributed by atoms with Crippen LogP contribution in [0.15, 0.2) is 24.3 Å². The maximum Gasteiger partial charge on any atom is 0.122 e. The van der Waals surface area contributed by atoms with Gasteiger partial charge in [-0.05, 0) is 31.9 Å². The molecule has 1 aromatic carbocycles. The van der Waals surface area contributed by atoms with Crippen molar-refractivity contribution in [1.29, 1.82) is 0 Å². The lowest BCUT2D eigenvalue weighted by atomic mass is 10.1. The van der Waals surface area contributed by atoms with Crippen LogP contribution in [0.1, 0.15) is 25.8 Å². The molecule has 0 amide bonds. The minimum Gasteiger partial charge on any atom is -0.365 e. The van der Waals surface area contributed by atoms with Gasteiger partial charge in [0.25, 0.3) is 0 Å². The van der Waals surface area contributed by atoms with Gasteiger partial charge in [-0.3, -0.25) is 0 Å². The lowest BCUT2D eigenvalue weighted by molar-refractivity contribution is -0.108. The van der Waals surface area contributed by atoms with Gasteiger partial charge in [0, 0.05) is 24.2 Å². The van der Waals surface area contributed by atoms with E-state index in [-0.39, 0.29) is 0 Å². The van der Waals surface area contributed by atoms with Gasteiger partial charge in [0.1, 0.15) is 6.29 Å². The van der Waals surface area contributed by atoms with Gasteiger partial charge >= 0.3 is 0 Å². The van der Waals surface area contributed by atoms with E-state index in [1.54, 1.807) is 0 Å². The molecular weight excluding hydrogens is 186 g/mol. The van der Waals surface area contributed by atoms with Crippen molar-refractivity contribution in [3.05, 3.63) is 29.8 Å². The van der Waals surface area contributed by atoms with E-state index in [0.717, 1.165) is 12.7 Å². The van der Waals surface area contributed by atoms with Crippen molar-refractivity contribution in [2.45, 2.75) is 38.8 Å². The van der Waals surface area contributed by atoms with Crippen LogP contribution in [0.2, 0.25) is 0 Å². The summed E-state index contributed by atoms with van der Waals surface area (Å²) in [7, 11) is 0. The molecule has 1 heterocycles. The van der Waals surface area contributed by atoms with Gasteiger partial charge in [0.2, 0.25) is 0 Å². The second kappa shape index (κ2) is 4.05. The maximum atomic E-state index is 10.7. The minimum atomic E-state index is 0.361. The number of carbonyl (C=O) groups excluding carboxylic acids is 1. The van der Waals surface area contributed by atoms with Crippen molar-refractivity contribution < 1.29 is 4.79 Å². The van der Waals surface area contributed by atoms with Crippen molar-refractivity contribution >= 4 is 12.0 Å². The molecule has 0 spiro atoms. The highest BCUT2D eigenvalue weighted by atomic mass is 16.1. The average Bonchev–Trinajstić information content (AvgIpc) is 2.56. The van der Waals surface area contributed by atoms with Gasteiger partial charge in [-0.25, -0.2) is 0 Å². The summed E-state index contributed by atoms with van der Waals surface area (Å²) in [5.41, 5.74) is 2.68. The summed E-state index contributed by atoms with van der Waals surface area (Å²) in [6.07, 6.45) is 2.67. The zero-order valence-corrected chi connectivity index (χ0v) is 9.31. The molecule has 0 aromatic heterocycles. The van der Waals surface area contributed by atoms with Crippen molar-refractivity contribution in [2.24, 2.45) is 0 Å². The topological polar surface area (TPSA) is 20.3 Å². The van der Waals surface area contributed by atoms with Crippen LogP contribution in [-0.4, -0.2) is 18.4 Å². The van der Waals surface area contributed by atoms with Crippen LogP contribution in [0.3, 0.4) is 0 Å². The number of anilines is 1. The van der Waals surface area contributed by atoms with Crippen LogP contribution in [0.4, 0.5) is 5.69 Å². The fraction of sp³-hybridized carbons (Fsp3) is 0.462. The Balaban J connectivity index is 2.33. The maximum absolute atomic E-state index is 10.7. The van der Waals surface area contributed by atoms with Gasteiger partial charge in [-0.15, -0.1) is 0 Å². The molecule has 1 aliphatic rings. The number of hydrogen-bond acceptors (Lipinski definition) is 2. The summed E-state index contributed by atoms with van der Waals surface area (Å²) in [6, 6.07) is 9.27. The Morgan fingerprint density at radius 3 is 2.87 bits per heavy atom. The van der Waals surface area contributed by atoms with Gasteiger partial charge in [0.15, 0.2) is 0 Å². The van der Waals surface area contributed by atoms with Gasteiger partial charge in [-0.1, -0.05) is 18.2 Å². The van der Waals surface area contributed by atoms with Gasteiger partial charge in [0.05, 0.1) is 0 Å². The lowest BCUT2D eigenvalue weighted by Crippen LogP contribution is -2.37. The fourth-order valence-electron chi connectivity index (χ4n) is 2.49. The first-order valence-electron chi connectivity index (χ1n) is 5.54. The smallest absolute Gasteiger partial charge is 0.122 e. The molecule has 2 rings (SSSR count). The molecule has 80 valence electrons. The summed E-state index contributed by atoms with van der Waals surface area (Å²) in [4.78, 5) is 13.0. The summed E-state index contributed by atoms with van der Waals surface area (Å²) < 4.78 is 0. The zero-order chi connectivity index (χ0) is 10.8. The fourth-order valence-corrected chi connectivity index (χ4v) is 2.49. The molecule has 2 heteroatoms. The molecule has 0 aliphatic carbocycles. The molecule has 0 bridgehead atoms. The molecule has 0 saturated carbocycles. The quantitative estimate of drug-likeness (QED) is 0.703. The Hall–Kier alpha value is -1.31. The Bertz CT molecular complexity index is 359. The third-order valence-corrected chi connectivity index (χ3v) is 3.04. The lowest BCUT2D eigenvalue weighted by Gasteiger charge is -2.30. The Morgan fingerprint density at radius 2 is 2.20 bits per heavy atom. The van der Waals surface area contributed by atoms with Crippen LogP contribution >= 0.6 is 0 Å². The van der Waals surface area contributed by atoms with E-state index in [4.69, 9.17) is 0 Å². The summed E-state index contributed by atoms with van der Waals surface area (Å²) in [6.45, 7) is 4.36. The largest absolute Gasteiger partial charge is 0.365 e. The molecule has 1 aliphatic heterocycles. The van der Waals surface area contributed by atoms with Gasteiger partial charge < -0.3 is 9.69 Å². The highest BCUT2D eigenvalue weighted by Gasteiger charge is 2.29. The first kappa shape index (κ1) is 10.2. The van der Waals surface area contributed by atoms with Gasteiger partial charge in [-0.2, -0.15) is 0 Å². The Kier molecular flexibility index (Phi) is 2.76. The molecule has 2 nitrogen and oxygen atoms in total. The summed E-state index contributed by atoms with van der Waals surface area (Å²) in [5, 5.41) is 0. The number of para-hydroxylation sites is 1. The van der Waals surface area contributed by atoms with E-state index >= 15 is 0 Å². The number of nitrogens with zero attached hydrogens (tertiary/aromatic N) is 1. The highest BCUT2D eigenvalue weighted by molar-refractivity contribution is 5.63. The van der Waals surface area contributed by atoms with E-state index in [1.807, 2.05) is 0 Å². The van der Waals surface area contributed by atoms with Crippen LogP contribution in [-0.2, 0) is 11.2 Å². The zero-order valence-electron chi connectivity index (χ0n) is 9.31. The summed E-state index contributed by atoms with van der Waals surface area (Å²) >= 11 is 0. The van der Waals surface area contributed by atoms with E-state index in [2.05, 4.69) is 43.0 Å². The molecular formula is C13H17NO. The second-order valence-corrected chi connectivity index (χ2v) is 4.39. The summed E-state index contributed by atoms with van der Waals surface area (Å²) in [5.74, 6) is 0. The molecule has 0 N–H and O–H groups in total. The molecule has 1 unspecified atom stereocenters. The molecule has 0 saturated heterocycles. The average molecular weight is 203 g/mol. The van der Waals surface area contributed by atoms with Crippen molar-refractivity contribution in [3.8, 4) is 0 Å². The van der Waals surface area contributed by atoms with E-state index in [0.29, 0.717) is 18.5 Å². The second-order valence-electron chi connectivity index (χ2n) is 4.39. The van der Waals surface area contributed by atoms with Crippen LogP contribution in [0.5, 0.6) is 0 Å². The van der Waals surface area contributed by atoms with Crippen LogP contribution in [0.25, 0.3) is 0 Å². The molecule has 1 atom stereocenters. The standard InChI is InChI=1S/C13H17NO/c1-10(2)14-12(7-8-15)9-11-5-3-4-6-13(11)14/h3-6,8,10,12H,7,9H2,1-2H3. The van der Waals surface area contributed by atoms with E-state index < -0.39 is 0 Å². The highest BCUT2D eigenvalue weighted by Crippen LogP contribution is 2.34. The first-order chi connectivity index (χ1) is 7.24. The molecule has 15 heavy (non-hydrogen) atoms. The van der Waals surface area contributed by atoms with Crippen molar-refractivity contribution in [1.82, 2.24) is 0 Å². The molecule has 0 radical (unpaired) electrons. The number of hydrogen-bond donors (Lipinski definition) is 0. The number of carbonyl (C=O) groups is 1. The third kappa shape index (κ3) is 1.76.